The zero-order chi connectivity index (χ0) is 11.7. The molecule has 1 unspecified atom stereocenters. The average Bonchev–Trinajstić information content (AvgIpc) is 2.67. The van der Waals surface area contributed by atoms with Crippen molar-refractivity contribution in [3.63, 3.8) is 0 Å². The molecule has 1 aromatic heterocycles. The predicted octanol–water partition coefficient (Wildman–Crippen LogP) is 4.35. The second kappa shape index (κ2) is 4.84. The monoisotopic (exact) mass is 319 g/mol. The van der Waals surface area contributed by atoms with Crippen molar-refractivity contribution in [2.75, 3.05) is 0 Å². The van der Waals surface area contributed by atoms with Gasteiger partial charge < -0.3 is 5.73 Å². The number of hydrogen-bond donors (Lipinski definition) is 1. The first kappa shape index (κ1) is 12.0. The summed E-state index contributed by atoms with van der Waals surface area (Å²) in [6.45, 7) is 0. The van der Waals surface area contributed by atoms with E-state index in [1.165, 1.54) is 12.1 Å². The van der Waals surface area contributed by atoms with Gasteiger partial charge in [-0.05, 0) is 44.6 Å². The van der Waals surface area contributed by atoms with Crippen LogP contribution in [0.4, 0.5) is 4.39 Å². The zero-order valence-corrected chi connectivity index (χ0v) is 11.2. The van der Waals surface area contributed by atoms with Crippen LogP contribution < -0.4 is 5.73 Å². The van der Waals surface area contributed by atoms with E-state index in [1.54, 1.807) is 17.4 Å². The molecule has 0 radical (unpaired) electrons. The summed E-state index contributed by atoms with van der Waals surface area (Å²) in [5.74, 6) is -0.444. The van der Waals surface area contributed by atoms with Crippen molar-refractivity contribution < 1.29 is 4.39 Å². The first-order valence-corrected chi connectivity index (χ1v) is 6.63. The van der Waals surface area contributed by atoms with E-state index >= 15 is 0 Å². The van der Waals surface area contributed by atoms with Gasteiger partial charge in [0.1, 0.15) is 5.82 Å². The van der Waals surface area contributed by atoms with E-state index in [0.717, 1.165) is 10.0 Å². The molecule has 0 amide bonds. The van der Waals surface area contributed by atoms with Crippen LogP contribution in [0.3, 0.4) is 0 Å². The van der Waals surface area contributed by atoms with Gasteiger partial charge in [0.15, 0.2) is 0 Å². The summed E-state index contributed by atoms with van der Waals surface area (Å²) in [6.07, 6.45) is 0. The summed E-state index contributed by atoms with van der Waals surface area (Å²) in [6, 6.07) is 4.29. The number of nitrogens with two attached hydrogens (primary N) is 1. The Balaban J connectivity index is 2.38. The molecule has 1 nitrogen and oxygen atoms in total. The van der Waals surface area contributed by atoms with Gasteiger partial charge in [0, 0.05) is 9.85 Å². The first-order valence-electron chi connectivity index (χ1n) is 4.51. The summed E-state index contributed by atoms with van der Waals surface area (Å²) in [5, 5.41) is 4.00. The number of benzene rings is 1. The van der Waals surface area contributed by atoms with E-state index in [1.807, 2.05) is 10.8 Å². The molecule has 0 aliphatic rings. The topological polar surface area (TPSA) is 26.0 Å². The normalized spacial score (nSPS) is 12.8. The van der Waals surface area contributed by atoms with Crippen LogP contribution in [0.15, 0.2) is 33.4 Å². The van der Waals surface area contributed by atoms with E-state index in [4.69, 9.17) is 17.3 Å². The van der Waals surface area contributed by atoms with Crippen molar-refractivity contribution in [2.24, 2.45) is 5.73 Å². The third-order valence-electron chi connectivity index (χ3n) is 2.28. The summed E-state index contributed by atoms with van der Waals surface area (Å²) in [7, 11) is 0. The molecule has 84 valence electrons. The van der Waals surface area contributed by atoms with Gasteiger partial charge in [0.05, 0.1) is 11.1 Å². The molecule has 1 heterocycles. The van der Waals surface area contributed by atoms with Gasteiger partial charge in [-0.25, -0.2) is 4.39 Å². The van der Waals surface area contributed by atoms with Crippen LogP contribution in [0.1, 0.15) is 17.2 Å². The van der Waals surface area contributed by atoms with Gasteiger partial charge in [-0.15, -0.1) is 0 Å². The van der Waals surface area contributed by atoms with Crippen LogP contribution in [-0.2, 0) is 0 Å². The minimum Gasteiger partial charge on any atom is -0.320 e. The van der Waals surface area contributed by atoms with Crippen molar-refractivity contribution in [2.45, 2.75) is 6.04 Å². The van der Waals surface area contributed by atoms with Crippen LogP contribution in [-0.4, -0.2) is 0 Å². The molecule has 5 heteroatoms. The Hall–Kier alpha value is -0.420. The molecule has 2 rings (SSSR count). The van der Waals surface area contributed by atoms with Crippen molar-refractivity contribution in [3.05, 3.63) is 55.4 Å². The SMILES string of the molecule is NC(c1ccc(Cl)c(F)c1)c1cscc1Br. The largest absolute Gasteiger partial charge is 0.320 e. The average molecular weight is 321 g/mol. The number of thiophene rings is 1. The number of halogens is 3. The molecule has 1 aromatic carbocycles. The molecule has 0 aliphatic heterocycles. The molecule has 2 aromatic rings. The Morgan fingerprint density at radius 3 is 2.69 bits per heavy atom. The molecule has 0 saturated carbocycles. The van der Waals surface area contributed by atoms with Crippen molar-refractivity contribution in [3.8, 4) is 0 Å². The van der Waals surface area contributed by atoms with Crippen molar-refractivity contribution in [1.29, 1.82) is 0 Å². The quantitative estimate of drug-likeness (QED) is 0.874. The third-order valence-corrected chi connectivity index (χ3v) is 4.34. The first-order chi connectivity index (χ1) is 7.59. The Labute approximate surface area is 110 Å². The smallest absolute Gasteiger partial charge is 0.142 e. The maximum absolute atomic E-state index is 13.3. The highest BCUT2D eigenvalue weighted by Crippen LogP contribution is 2.31. The molecular formula is C11H8BrClFNS. The number of hydrogen-bond acceptors (Lipinski definition) is 2. The fourth-order valence-corrected chi connectivity index (χ4v) is 3.10. The highest BCUT2D eigenvalue weighted by molar-refractivity contribution is 9.10. The van der Waals surface area contributed by atoms with E-state index in [-0.39, 0.29) is 11.1 Å². The molecule has 16 heavy (non-hydrogen) atoms. The highest BCUT2D eigenvalue weighted by atomic mass is 79.9. The summed E-state index contributed by atoms with van der Waals surface area (Å²) < 4.78 is 14.2. The predicted molar refractivity (Wildman–Crippen MR) is 69.5 cm³/mol. The van der Waals surface area contributed by atoms with E-state index in [0.29, 0.717) is 5.56 Å². The fraction of sp³-hybridized carbons (Fsp3) is 0.0909. The van der Waals surface area contributed by atoms with Crippen molar-refractivity contribution in [1.82, 2.24) is 0 Å². The Morgan fingerprint density at radius 1 is 1.38 bits per heavy atom. The van der Waals surface area contributed by atoms with Gasteiger partial charge in [0.2, 0.25) is 0 Å². The molecular weight excluding hydrogens is 313 g/mol. The van der Waals surface area contributed by atoms with Gasteiger partial charge >= 0.3 is 0 Å². The molecule has 0 spiro atoms. The summed E-state index contributed by atoms with van der Waals surface area (Å²) >= 11 is 10.6. The zero-order valence-electron chi connectivity index (χ0n) is 8.08. The Kier molecular flexibility index (Phi) is 3.64. The lowest BCUT2D eigenvalue weighted by Gasteiger charge is -2.11. The van der Waals surface area contributed by atoms with Crippen molar-refractivity contribution >= 4 is 38.9 Å². The standard InChI is InChI=1S/C11H8BrClFNS/c12-8-5-16-4-7(8)11(15)6-1-2-9(13)10(14)3-6/h1-5,11H,15H2. The van der Waals surface area contributed by atoms with Crippen LogP contribution in [0.25, 0.3) is 0 Å². The van der Waals surface area contributed by atoms with Crippen LogP contribution in [0.2, 0.25) is 5.02 Å². The fourth-order valence-electron chi connectivity index (χ4n) is 1.40. The van der Waals surface area contributed by atoms with Crippen LogP contribution in [0.5, 0.6) is 0 Å². The lowest BCUT2D eigenvalue weighted by molar-refractivity contribution is 0.624. The van der Waals surface area contributed by atoms with Gasteiger partial charge in [-0.1, -0.05) is 17.7 Å². The molecule has 2 N–H and O–H groups in total. The molecule has 0 saturated heterocycles. The molecule has 1 atom stereocenters. The second-order valence-corrected chi connectivity index (χ2v) is 5.33. The minimum absolute atomic E-state index is 0.111. The van der Waals surface area contributed by atoms with E-state index in [2.05, 4.69) is 15.9 Å². The number of rotatable bonds is 2. The van der Waals surface area contributed by atoms with Crippen LogP contribution >= 0.6 is 38.9 Å². The van der Waals surface area contributed by atoms with Gasteiger partial charge in [0.25, 0.3) is 0 Å². The van der Waals surface area contributed by atoms with Crippen LogP contribution in [0, 0.1) is 5.82 Å². The molecule has 0 fully saturated rings. The maximum atomic E-state index is 13.3. The minimum atomic E-state index is -0.444. The lowest BCUT2D eigenvalue weighted by atomic mass is 10.0. The summed E-state index contributed by atoms with van der Waals surface area (Å²) in [4.78, 5) is 0. The van der Waals surface area contributed by atoms with Gasteiger partial charge in [-0.2, -0.15) is 11.3 Å². The molecule has 0 bridgehead atoms. The lowest BCUT2D eigenvalue weighted by Crippen LogP contribution is -2.11. The van der Waals surface area contributed by atoms with E-state index in [9.17, 15) is 4.39 Å². The maximum Gasteiger partial charge on any atom is 0.142 e. The Morgan fingerprint density at radius 2 is 2.12 bits per heavy atom. The third kappa shape index (κ3) is 2.30. The van der Waals surface area contributed by atoms with Gasteiger partial charge in [-0.3, -0.25) is 0 Å². The Bertz CT molecular complexity index is 514. The molecule has 0 aliphatic carbocycles. The van der Waals surface area contributed by atoms with E-state index < -0.39 is 5.82 Å². The summed E-state index contributed by atoms with van der Waals surface area (Å²) in [5.41, 5.74) is 7.71. The highest BCUT2D eigenvalue weighted by Gasteiger charge is 2.14. The second-order valence-electron chi connectivity index (χ2n) is 3.33.